The lowest BCUT2D eigenvalue weighted by Crippen LogP contribution is -2.37. The molecule has 2 aromatic carbocycles. The highest BCUT2D eigenvalue weighted by Gasteiger charge is 2.24. The predicted molar refractivity (Wildman–Crippen MR) is 132 cm³/mol. The molecular formula is C25H27ClN4O3. The maximum atomic E-state index is 13.3. The Labute approximate surface area is 197 Å². The summed E-state index contributed by atoms with van der Waals surface area (Å²) in [6, 6.07) is 15.0. The van der Waals surface area contributed by atoms with Crippen LogP contribution in [0, 0.1) is 12.8 Å². The van der Waals surface area contributed by atoms with Crippen LogP contribution in [0.15, 0.2) is 59.4 Å². The number of amides is 2. The van der Waals surface area contributed by atoms with Crippen molar-refractivity contribution in [3.8, 4) is 11.3 Å². The minimum atomic E-state index is -0.881. The zero-order valence-electron chi connectivity index (χ0n) is 19.1. The van der Waals surface area contributed by atoms with Crippen molar-refractivity contribution in [1.29, 1.82) is 0 Å². The molecule has 0 bridgehead atoms. The molecule has 0 aliphatic heterocycles. The van der Waals surface area contributed by atoms with Gasteiger partial charge in [-0.2, -0.15) is 5.10 Å². The van der Waals surface area contributed by atoms with Crippen molar-refractivity contribution in [2.24, 2.45) is 5.92 Å². The first-order chi connectivity index (χ1) is 15.7. The Hall–Kier alpha value is -3.45. The minimum Gasteiger partial charge on any atom is -0.324 e. The third-order valence-corrected chi connectivity index (χ3v) is 5.41. The van der Waals surface area contributed by atoms with Gasteiger partial charge < -0.3 is 10.6 Å². The van der Waals surface area contributed by atoms with E-state index >= 15 is 0 Å². The first-order valence-electron chi connectivity index (χ1n) is 10.8. The fraction of sp³-hybridized carbons (Fsp3) is 0.280. The van der Waals surface area contributed by atoms with Crippen molar-refractivity contribution in [2.75, 3.05) is 10.6 Å². The lowest BCUT2D eigenvalue weighted by Gasteiger charge is -2.19. The van der Waals surface area contributed by atoms with Crippen LogP contribution in [0.25, 0.3) is 11.3 Å². The molecule has 0 fully saturated rings. The fourth-order valence-corrected chi connectivity index (χ4v) is 3.31. The zero-order valence-corrected chi connectivity index (χ0v) is 19.8. The smallest absolute Gasteiger partial charge is 0.291 e. The summed E-state index contributed by atoms with van der Waals surface area (Å²) in [6.45, 7) is 7.25. The van der Waals surface area contributed by atoms with Crippen LogP contribution >= 0.6 is 11.6 Å². The minimum absolute atomic E-state index is 0.0806. The summed E-state index contributed by atoms with van der Waals surface area (Å²) in [7, 11) is 0. The Bertz CT molecular complexity index is 1200. The van der Waals surface area contributed by atoms with Gasteiger partial charge in [0, 0.05) is 22.2 Å². The van der Waals surface area contributed by atoms with E-state index in [1.807, 2.05) is 31.2 Å². The van der Waals surface area contributed by atoms with Gasteiger partial charge in [0.2, 0.25) is 11.8 Å². The van der Waals surface area contributed by atoms with Crippen molar-refractivity contribution < 1.29 is 9.59 Å². The summed E-state index contributed by atoms with van der Waals surface area (Å²) in [5.74, 6) is -1.00. The Morgan fingerprint density at radius 2 is 1.64 bits per heavy atom. The normalized spacial score (nSPS) is 11.8. The second kappa shape index (κ2) is 10.4. The van der Waals surface area contributed by atoms with E-state index in [9.17, 15) is 14.4 Å². The molecule has 1 heterocycles. The van der Waals surface area contributed by atoms with E-state index in [-0.39, 0.29) is 17.5 Å². The molecule has 172 valence electrons. The second-order valence-corrected chi connectivity index (χ2v) is 8.56. The van der Waals surface area contributed by atoms with Crippen LogP contribution in [0.2, 0.25) is 5.02 Å². The molecule has 0 saturated carbocycles. The number of nitrogens with one attached hydrogen (secondary N) is 2. The molecule has 0 aliphatic rings. The van der Waals surface area contributed by atoms with Crippen LogP contribution in [-0.4, -0.2) is 21.6 Å². The number of benzene rings is 2. The Morgan fingerprint density at radius 3 is 2.21 bits per heavy atom. The van der Waals surface area contributed by atoms with E-state index in [0.29, 0.717) is 22.8 Å². The predicted octanol–water partition coefficient (Wildman–Crippen LogP) is 5.06. The molecule has 7 nitrogen and oxygen atoms in total. The lowest BCUT2D eigenvalue weighted by molar-refractivity contribution is -0.120. The summed E-state index contributed by atoms with van der Waals surface area (Å²) in [6.07, 6.45) is 0.321. The number of hydrogen-bond donors (Lipinski definition) is 2. The van der Waals surface area contributed by atoms with E-state index in [1.54, 1.807) is 51.1 Å². The monoisotopic (exact) mass is 466 g/mol. The maximum absolute atomic E-state index is 13.3. The molecule has 0 aliphatic carbocycles. The number of aryl methyl sites for hydroxylation is 1. The first-order valence-corrected chi connectivity index (χ1v) is 11.2. The van der Waals surface area contributed by atoms with Gasteiger partial charge in [-0.15, -0.1) is 0 Å². The van der Waals surface area contributed by atoms with Crippen LogP contribution in [-0.2, 0) is 9.59 Å². The summed E-state index contributed by atoms with van der Waals surface area (Å²) in [4.78, 5) is 38.7. The molecule has 0 saturated heterocycles. The van der Waals surface area contributed by atoms with Gasteiger partial charge in [-0.05, 0) is 43.7 Å². The third kappa shape index (κ3) is 5.87. The molecule has 2 amide bonds. The largest absolute Gasteiger partial charge is 0.324 e. The summed E-state index contributed by atoms with van der Waals surface area (Å²) >= 11 is 5.92. The van der Waals surface area contributed by atoms with Gasteiger partial charge in [0.25, 0.3) is 5.56 Å². The standard InChI is InChI=1S/C25H27ClN4O3/c1-5-22(24(32)27-19-12-10-18(26)11-13-19)30-25(33)21(28-23(31)15(2)3)14-20(29-30)17-8-6-16(4)7-9-17/h6-15,22H,5H2,1-4H3,(H,27,32)(H,28,31). The van der Waals surface area contributed by atoms with Crippen molar-refractivity contribution in [3.63, 3.8) is 0 Å². The summed E-state index contributed by atoms with van der Waals surface area (Å²) < 4.78 is 1.15. The number of nitrogens with zero attached hydrogens (tertiary/aromatic N) is 2. The van der Waals surface area contributed by atoms with Gasteiger partial charge in [0.15, 0.2) is 0 Å². The fourth-order valence-electron chi connectivity index (χ4n) is 3.18. The van der Waals surface area contributed by atoms with Crippen LogP contribution in [0.1, 0.15) is 38.8 Å². The number of hydrogen-bond acceptors (Lipinski definition) is 4. The molecule has 33 heavy (non-hydrogen) atoms. The van der Waals surface area contributed by atoms with E-state index in [1.165, 1.54) is 0 Å². The van der Waals surface area contributed by atoms with Crippen LogP contribution in [0.3, 0.4) is 0 Å². The molecule has 1 unspecified atom stereocenters. The van der Waals surface area contributed by atoms with Crippen molar-refractivity contribution >= 4 is 34.8 Å². The molecule has 0 radical (unpaired) electrons. The number of rotatable bonds is 7. The highest BCUT2D eigenvalue weighted by Crippen LogP contribution is 2.22. The first kappa shape index (κ1) is 24.2. The molecule has 1 atom stereocenters. The van der Waals surface area contributed by atoms with Gasteiger partial charge in [0.05, 0.1) is 5.69 Å². The van der Waals surface area contributed by atoms with E-state index in [0.717, 1.165) is 15.8 Å². The molecule has 2 N–H and O–H groups in total. The Kier molecular flexibility index (Phi) is 7.66. The van der Waals surface area contributed by atoms with Crippen molar-refractivity contribution in [2.45, 2.75) is 40.2 Å². The van der Waals surface area contributed by atoms with E-state index in [2.05, 4.69) is 15.7 Å². The lowest BCUT2D eigenvalue weighted by atomic mass is 10.1. The van der Waals surface area contributed by atoms with Gasteiger partial charge in [-0.25, -0.2) is 4.68 Å². The second-order valence-electron chi connectivity index (χ2n) is 8.12. The molecule has 8 heteroatoms. The Balaban J connectivity index is 2.06. The number of anilines is 2. The number of halogens is 1. The van der Waals surface area contributed by atoms with E-state index < -0.39 is 17.5 Å². The molecule has 3 rings (SSSR count). The van der Waals surface area contributed by atoms with Gasteiger partial charge in [-0.3, -0.25) is 14.4 Å². The van der Waals surface area contributed by atoms with Crippen LogP contribution in [0.5, 0.6) is 0 Å². The molecule has 3 aromatic rings. The summed E-state index contributed by atoms with van der Waals surface area (Å²) in [5, 5.41) is 10.5. The highest BCUT2D eigenvalue weighted by atomic mass is 35.5. The number of carbonyl (C=O) groups is 2. The number of aromatic nitrogens is 2. The molecular weight excluding hydrogens is 440 g/mol. The average Bonchev–Trinajstić information content (AvgIpc) is 2.78. The molecule has 1 aromatic heterocycles. The van der Waals surface area contributed by atoms with E-state index in [4.69, 9.17) is 11.6 Å². The van der Waals surface area contributed by atoms with Gasteiger partial charge in [-0.1, -0.05) is 62.2 Å². The van der Waals surface area contributed by atoms with Crippen molar-refractivity contribution in [1.82, 2.24) is 9.78 Å². The van der Waals surface area contributed by atoms with Crippen LogP contribution in [0.4, 0.5) is 11.4 Å². The topological polar surface area (TPSA) is 93.1 Å². The van der Waals surface area contributed by atoms with Crippen molar-refractivity contribution in [3.05, 3.63) is 75.5 Å². The van der Waals surface area contributed by atoms with Gasteiger partial charge in [0.1, 0.15) is 11.7 Å². The quantitative estimate of drug-likeness (QED) is 0.509. The Morgan fingerprint density at radius 1 is 1.00 bits per heavy atom. The maximum Gasteiger partial charge on any atom is 0.291 e. The van der Waals surface area contributed by atoms with Gasteiger partial charge >= 0.3 is 0 Å². The molecule has 0 spiro atoms. The average molecular weight is 467 g/mol. The van der Waals surface area contributed by atoms with Crippen LogP contribution < -0.4 is 16.2 Å². The SMILES string of the molecule is CCC(C(=O)Nc1ccc(Cl)cc1)n1nc(-c2ccc(C)cc2)cc(NC(=O)C(C)C)c1=O. The zero-order chi connectivity index (χ0) is 24.1. The third-order valence-electron chi connectivity index (χ3n) is 5.16. The highest BCUT2D eigenvalue weighted by molar-refractivity contribution is 6.30. The summed E-state index contributed by atoms with van der Waals surface area (Å²) in [5.41, 5.74) is 2.41. The number of carbonyl (C=O) groups excluding carboxylic acids is 2.